The predicted molar refractivity (Wildman–Crippen MR) is 78.0 cm³/mol. The Kier molecular flexibility index (Phi) is 5.14. The smallest absolute Gasteiger partial charge is 0.233 e. The third-order valence-corrected chi connectivity index (χ3v) is 3.87. The molecule has 1 amide bonds. The molecule has 0 spiro atoms. The lowest BCUT2D eigenvalue weighted by Crippen LogP contribution is -2.47. The normalized spacial score (nSPS) is 17.3. The Hall–Kier alpha value is -1.66. The van der Waals surface area contributed by atoms with Gasteiger partial charge in [-0.2, -0.15) is 0 Å². The van der Waals surface area contributed by atoms with Crippen LogP contribution in [0.3, 0.4) is 0 Å². The van der Waals surface area contributed by atoms with Crippen molar-refractivity contribution in [2.45, 2.75) is 12.8 Å². The van der Waals surface area contributed by atoms with E-state index in [0.29, 0.717) is 25.1 Å². The van der Waals surface area contributed by atoms with Crippen molar-refractivity contribution in [1.29, 1.82) is 0 Å². The van der Waals surface area contributed by atoms with E-state index in [2.05, 4.69) is 10.6 Å². The maximum atomic E-state index is 13.7. The second-order valence-corrected chi connectivity index (χ2v) is 5.27. The first kappa shape index (κ1) is 15.7. The molecule has 0 aliphatic carbocycles. The first-order valence-corrected chi connectivity index (χ1v) is 6.96. The fraction of sp³-hybridized carbons (Fsp3) is 0.533. The summed E-state index contributed by atoms with van der Waals surface area (Å²) < 4.78 is 23.8. The maximum Gasteiger partial charge on any atom is 0.233 e. The van der Waals surface area contributed by atoms with Gasteiger partial charge in [0, 0.05) is 18.9 Å². The molecule has 0 bridgehead atoms. The van der Waals surface area contributed by atoms with E-state index in [1.54, 1.807) is 13.2 Å². The molecule has 0 aromatic heterocycles. The Balaban J connectivity index is 2.13. The molecule has 1 aliphatic heterocycles. The third-order valence-electron chi connectivity index (χ3n) is 3.87. The number of amides is 1. The van der Waals surface area contributed by atoms with Crippen LogP contribution in [0.2, 0.25) is 0 Å². The lowest BCUT2D eigenvalue weighted by Gasteiger charge is -2.35. The zero-order valence-corrected chi connectivity index (χ0v) is 12.4. The van der Waals surface area contributed by atoms with Gasteiger partial charge < -0.3 is 20.1 Å². The zero-order valence-electron chi connectivity index (χ0n) is 12.4. The molecule has 1 aliphatic rings. The summed E-state index contributed by atoms with van der Waals surface area (Å²) in [5.41, 5.74) is -0.136. The highest BCUT2D eigenvalue weighted by atomic mass is 19.1. The number of ether oxygens (including phenoxy) is 2. The first-order chi connectivity index (χ1) is 10.1. The molecule has 1 fully saturated rings. The third kappa shape index (κ3) is 3.51. The number of hydrogen-bond donors (Lipinski definition) is 2. The van der Waals surface area contributed by atoms with Crippen LogP contribution in [0.5, 0.6) is 5.75 Å². The standard InChI is InChI=1S/C15H21FN2O3/c1-20-10-15(5-7-17-8-6-15)14(19)18-11-3-4-13(21-2)12(16)9-11/h3-4,9,17H,5-8,10H2,1-2H3,(H,18,19). The topological polar surface area (TPSA) is 59.6 Å². The highest BCUT2D eigenvalue weighted by Gasteiger charge is 2.39. The van der Waals surface area contributed by atoms with Crippen LogP contribution in [0.15, 0.2) is 18.2 Å². The highest BCUT2D eigenvalue weighted by molar-refractivity contribution is 5.95. The van der Waals surface area contributed by atoms with Crippen molar-refractivity contribution in [2.75, 3.05) is 39.2 Å². The van der Waals surface area contributed by atoms with Crippen LogP contribution >= 0.6 is 0 Å². The molecule has 1 aromatic rings. The molecule has 0 unspecified atom stereocenters. The van der Waals surface area contributed by atoms with E-state index < -0.39 is 11.2 Å². The summed E-state index contributed by atoms with van der Waals surface area (Å²) in [5.74, 6) is -0.474. The minimum absolute atomic E-state index is 0.129. The van der Waals surface area contributed by atoms with E-state index in [-0.39, 0.29) is 11.7 Å². The summed E-state index contributed by atoms with van der Waals surface area (Å²) in [7, 11) is 2.99. The number of benzene rings is 1. The molecule has 0 atom stereocenters. The van der Waals surface area contributed by atoms with E-state index >= 15 is 0 Å². The summed E-state index contributed by atoms with van der Waals surface area (Å²) >= 11 is 0. The lowest BCUT2D eigenvalue weighted by atomic mass is 9.78. The Morgan fingerprint density at radius 1 is 1.38 bits per heavy atom. The lowest BCUT2D eigenvalue weighted by molar-refractivity contribution is -0.130. The molecule has 2 N–H and O–H groups in total. The van der Waals surface area contributed by atoms with Gasteiger partial charge in [0.15, 0.2) is 11.6 Å². The Morgan fingerprint density at radius 2 is 2.10 bits per heavy atom. The van der Waals surface area contributed by atoms with Gasteiger partial charge in [-0.15, -0.1) is 0 Å². The fourth-order valence-electron chi connectivity index (χ4n) is 2.63. The van der Waals surface area contributed by atoms with E-state index in [0.717, 1.165) is 13.1 Å². The highest BCUT2D eigenvalue weighted by Crippen LogP contribution is 2.31. The minimum atomic E-state index is -0.559. The number of carbonyl (C=O) groups excluding carboxylic acids is 1. The van der Waals surface area contributed by atoms with Crippen LogP contribution in [0.25, 0.3) is 0 Å². The average molecular weight is 296 g/mol. The molecule has 1 aromatic carbocycles. The van der Waals surface area contributed by atoms with Crippen molar-refractivity contribution < 1.29 is 18.7 Å². The van der Waals surface area contributed by atoms with Crippen LogP contribution in [-0.4, -0.2) is 39.8 Å². The Labute approximate surface area is 123 Å². The first-order valence-electron chi connectivity index (χ1n) is 6.96. The van der Waals surface area contributed by atoms with Gasteiger partial charge in [-0.3, -0.25) is 4.79 Å². The van der Waals surface area contributed by atoms with E-state index in [1.165, 1.54) is 19.2 Å². The molecule has 0 saturated carbocycles. The van der Waals surface area contributed by atoms with Gasteiger partial charge in [-0.05, 0) is 38.1 Å². The molecule has 1 heterocycles. The summed E-state index contributed by atoms with van der Waals surface area (Å²) in [4.78, 5) is 12.6. The van der Waals surface area contributed by atoms with Gasteiger partial charge in [0.05, 0.1) is 19.1 Å². The van der Waals surface area contributed by atoms with Gasteiger partial charge in [0.2, 0.25) is 5.91 Å². The van der Waals surface area contributed by atoms with E-state index in [9.17, 15) is 9.18 Å². The maximum absolute atomic E-state index is 13.7. The summed E-state index contributed by atoms with van der Waals surface area (Å²) in [6.07, 6.45) is 1.40. The molecular formula is C15H21FN2O3. The molecule has 0 radical (unpaired) electrons. The van der Waals surface area contributed by atoms with Gasteiger partial charge in [0.1, 0.15) is 0 Å². The van der Waals surface area contributed by atoms with Gasteiger partial charge in [0.25, 0.3) is 0 Å². The average Bonchev–Trinajstić information content (AvgIpc) is 2.48. The monoisotopic (exact) mass is 296 g/mol. The minimum Gasteiger partial charge on any atom is -0.494 e. The van der Waals surface area contributed by atoms with E-state index in [4.69, 9.17) is 9.47 Å². The van der Waals surface area contributed by atoms with Crippen molar-refractivity contribution in [2.24, 2.45) is 5.41 Å². The number of carbonyl (C=O) groups is 1. The predicted octanol–water partition coefficient (Wildman–Crippen LogP) is 1.79. The number of nitrogens with one attached hydrogen (secondary N) is 2. The van der Waals surface area contributed by atoms with Crippen molar-refractivity contribution in [3.05, 3.63) is 24.0 Å². The number of anilines is 1. The van der Waals surface area contributed by atoms with Crippen LogP contribution < -0.4 is 15.4 Å². The summed E-state index contributed by atoms with van der Waals surface area (Å²) in [5, 5.41) is 6.02. The SMILES string of the molecule is COCC1(C(=O)Nc2ccc(OC)c(F)c2)CCNCC1. The zero-order chi connectivity index (χ0) is 15.3. The second-order valence-electron chi connectivity index (χ2n) is 5.27. The number of rotatable bonds is 5. The van der Waals surface area contributed by atoms with Crippen LogP contribution in [0.4, 0.5) is 10.1 Å². The summed E-state index contributed by atoms with van der Waals surface area (Å²) in [6.45, 7) is 1.90. The van der Waals surface area contributed by atoms with Gasteiger partial charge >= 0.3 is 0 Å². The summed E-state index contributed by atoms with van der Waals surface area (Å²) in [6, 6.07) is 4.38. The molecule has 6 heteroatoms. The van der Waals surface area contributed by atoms with Crippen LogP contribution in [0, 0.1) is 11.2 Å². The van der Waals surface area contributed by atoms with Gasteiger partial charge in [-0.1, -0.05) is 0 Å². The molecule has 5 nitrogen and oxygen atoms in total. The molecule has 21 heavy (non-hydrogen) atoms. The van der Waals surface area contributed by atoms with Gasteiger partial charge in [-0.25, -0.2) is 4.39 Å². The second kappa shape index (κ2) is 6.87. The fourth-order valence-corrected chi connectivity index (χ4v) is 2.63. The molecular weight excluding hydrogens is 275 g/mol. The number of hydrogen-bond acceptors (Lipinski definition) is 4. The number of methoxy groups -OCH3 is 2. The number of halogens is 1. The van der Waals surface area contributed by atoms with Crippen molar-refractivity contribution in [3.63, 3.8) is 0 Å². The van der Waals surface area contributed by atoms with Crippen LogP contribution in [-0.2, 0) is 9.53 Å². The van der Waals surface area contributed by atoms with Crippen molar-refractivity contribution in [1.82, 2.24) is 5.32 Å². The Bertz CT molecular complexity index is 496. The molecule has 116 valence electrons. The molecule has 2 rings (SSSR count). The Morgan fingerprint density at radius 3 is 2.67 bits per heavy atom. The van der Waals surface area contributed by atoms with E-state index in [1.807, 2.05) is 0 Å². The van der Waals surface area contributed by atoms with Crippen LogP contribution in [0.1, 0.15) is 12.8 Å². The molecule has 1 saturated heterocycles. The van der Waals surface area contributed by atoms with Crippen molar-refractivity contribution >= 4 is 11.6 Å². The van der Waals surface area contributed by atoms with Crippen molar-refractivity contribution in [3.8, 4) is 5.75 Å². The number of piperidine rings is 1. The largest absolute Gasteiger partial charge is 0.494 e. The quantitative estimate of drug-likeness (QED) is 0.869.